The summed E-state index contributed by atoms with van der Waals surface area (Å²) in [7, 11) is -2.03. The zero-order valence-corrected chi connectivity index (χ0v) is 23.6. The summed E-state index contributed by atoms with van der Waals surface area (Å²) in [5.41, 5.74) is 13.7. The molecule has 178 valence electrons. The van der Waals surface area contributed by atoms with E-state index in [9.17, 15) is 0 Å². The highest BCUT2D eigenvalue weighted by molar-refractivity contribution is 7.03. The molecular formula is C32H38BNSi. The third kappa shape index (κ3) is 5.16. The predicted octanol–water partition coefficient (Wildman–Crippen LogP) is 5.58. The van der Waals surface area contributed by atoms with Crippen molar-refractivity contribution in [1.29, 1.82) is 0 Å². The molecule has 0 aliphatic carbocycles. The van der Waals surface area contributed by atoms with E-state index in [1.54, 1.807) is 0 Å². The Morgan fingerprint density at radius 3 is 1.49 bits per heavy atom. The minimum atomic E-state index is -2.03. The van der Waals surface area contributed by atoms with Crippen molar-refractivity contribution in [2.75, 3.05) is 4.98 Å². The highest BCUT2D eigenvalue weighted by Gasteiger charge is 2.35. The minimum Gasteiger partial charge on any atom is -0.407 e. The van der Waals surface area contributed by atoms with Crippen LogP contribution in [0.4, 0.5) is 5.69 Å². The zero-order chi connectivity index (χ0) is 25.3. The van der Waals surface area contributed by atoms with Crippen LogP contribution in [0.1, 0.15) is 33.4 Å². The van der Waals surface area contributed by atoms with Crippen LogP contribution in [0.3, 0.4) is 0 Å². The SMILES string of the molecule is Cc1cc(C)c(B(c2ccccc2[Si](C)(C)Nc2ccccc2)c2c(C)cc(C)cc2C)c(C)c1. The topological polar surface area (TPSA) is 12.0 Å². The Labute approximate surface area is 213 Å². The molecule has 3 heteroatoms. The van der Waals surface area contributed by atoms with E-state index >= 15 is 0 Å². The van der Waals surface area contributed by atoms with Crippen LogP contribution >= 0.6 is 0 Å². The number of aryl methyl sites for hydroxylation is 6. The Bertz CT molecular complexity index is 1250. The van der Waals surface area contributed by atoms with Crippen LogP contribution in [0.15, 0.2) is 78.9 Å². The Morgan fingerprint density at radius 2 is 1.00 bits per heavy atom. The number of hydrogen-bond donors (Lipinski definition) is 1. The molecule has 0 fully saturated rings. The first kappa shape index (κ1) is 25.1. The smallest absolute Gasteiger partial charge is 0.242 e. The van der Waals surface area contributed by atoms with Gasteiger partial charge in [0.25, 0.3) is 0 Å². The molecule has 0 unspecified atom stereocenters. The quantitative estimate of drug-likeness (QED) is 0.359. The van der Waals surface area contributed by atoms with Gasteiger partial charge in [0.15, 0.2) is 8.24 Å². The largest absolute Gasteiger partial charge is 0.407 e. The molecule has 0 amide bonds. The first-order valence-electron chi connectivity index (χ1n) is 12.7. The molecular weight excluding hydrogens is 437 g/mol. The van der Waals surface area contributed by atoms with Gasteiger partial charge in [-0.15, -0.1) is 0 Å². The molecule has 0 aliphatic heterocycles. The third-order valence-corrected chi connectivity index (χ3v) is 9.94. The van der Waals surface area contributed by atoms with Gasteiger partial charge in [-0.1, -0.05) is 116 Å². The molecule has 0 saturated heterocycles. The molecule has 0 bridgehead atoms. The van der Waals surface area contributed by atoms with Crippen LogP contribution in [0.2, 0.25) is 13.1 Å². The summed E-state index contributed by atoms with van der Waals surface area (Å²) in [6, 6.07) is 29.2. The lowest BCUT2D eigenvalue weighted by Crippen LogP contribution is -2.66. The van der Waals surface area contributed by atoms with Crippen molar-refractivity contribution in [2.45, 2.75) is 54.6 Å². The standard InChI is InChI=1S/C32H38BNSi/c1-22-18-24(3)31(25(4)19-22)33(32-26(5)20-23(2)21-27(32)6)29-16-12-13-17-30(29)35(7,8)34-28-14-10-9-11-15-28/h9-21,34H,1-8H3. The fourth-order valence-electron chi connectivity index (χ4n) is 6.02. The molecule has 35 heavy (non-hydrogen) atoms. The number of hydrogen-bond acceptors (Lipinski definition) is 1. The van der Waals surface area contributed by atoms with E-state index in [1.165, 1.54) is 60.6 Å². The average molecular weight is 476 g/mol. The maximum absolute atomic E-state index is 3.95. The van der Waals surface area contributed by atoms with Gasteiger partial charge in [0.1, 0.15) is 0 Å². The predicted molar refractivity (Wildman–Crippen MR) is 160 cm³/mol. The van der Waals surface area contributed by atoms with Crippen molar-refractivity contribution in [1.82, 2.24) is 0 Å². The first-order chi connectivity index (χ1) is 16.6. The van der Waals surface area contributed by atoms with Gasteiger partial charge < -0.3 is 4.98 Å². The van der Waals surface area contributed by atoms with Crippen LogP contribution < -0.4 is 26.6 Å². The van der Waals surface area contributed by atoms with Gasteiger partial charge in [-0.05, 0) is 72.0 Å². The second-order valence-electron chi connectivity index (χ2n) is 10.8. The molecule has 0 saturated carbocycles. The van der Waals surface area contributed by atoms with E-state index in [0.29, 0.717) is 0 Å². The van der Waals surface area contributed by atoms with E-state index < -0.39 is 8.24 Å². The first-order valence-corrected chi connectivity index (χ1v) is 15.7. The van der Waals surface area contributed by atoms with Crippen molar-refractivity contribution in [3.8, 4) is 0 Å². The van der Waals surface area contributed by atoms with Crippen molar-refractivity contribution >= 4 is 42.2 Å². The highest BCUT2D eigenvalue weighted by Crippen LogP contribution is 2.15. The monoisotopic (exact) mass is 475 g/mol. The Morgan fingerprint density at radius 1 is 0.571 bits per heavy atom. The van der Waals surface area contributed by atoms with Gasteiger partial charge in [0.2, 0.25) is 6.71 Å². The van der Waals surface area contributed by atoms with Crippen molar-refractivity contribution in [3.05, 3.63) is 112 Å². The summed E-state index contributed by atoms with van der Waals surface area (Å²) in [6.45, 7) is 18.6. The Balaban J connectivity index is 2.00. The molecule has 4 aromatic rings. The molecule has 4 aromatic carbocycles. The number of nitrogens with one attached hydrogen (secondary N) is 1. The Hall–Kier alpha value is -3.04. The summed E-state index contributed by atoms with van der Waals surface area (Å²) in [6.07, 6.45) is 0. The number of para-hydroxylation sites is 1. The van der Waals surface area contributed by atoms with E-state index in [0.717, 1.165) is 0 Å². The normalized spacial score (nSPS) is 11.4. The molecule has 0 spiro atoms. The molecule has 0 aliphatic rings. The van der Waals surface area contributed by atoms with Gasteiger partial charge in [0, 0.05) is 5.69 Å². The molecule has 0 radical (unpaired) electrons. The summed E-state index contributed by atoms with van der Waals surface area (Å²) in [5.74, 6) is 0. The van der Waals surface area contributed by atoms with Crippen LogP contribution in [-0.2, 0) is 0 Å². The minimum absolute atomic E-state index is 0.191. The van der Waals surface area contributed by atoms with Gasteiger partial charge in [-0.2, -0.15) is 0 Å². The molecule has 1 N–H and O–H groups in total. The maximum atomic E-state index is 3.95. The van der Waals surface area contributed by atoms with Crippen molar-refractivity contribution in [3.63, 3.8) is 0 Å². The summed E-state index contributed by atoms with van der Waals surface area (Å²) in [5, 5.41) is 1.47. The van der Waals surface area contributed by atoms with Gasteiger partial charge in [0.05, 0.1) is 0 Å². The fourth-order valence-corrected chi connectivity index (χ4v) is 8.50. The zero-order valence-electron chi connectivity index (χ0n) is 22.6. The van der Waals surface area contributed by atoms with Crippen LogP contribution in [0.5, 0.6) is 0 Å². The lowest BCUT2D eigenvalue weighted by Gasteiger charge is -2.32. The van der Waals surface area contributed by atoms with Crippen molar-refractivity contribution < 1.29 is 0 Å². The average Bonchev–Trinajstić information content (AvgIpc) is 2.77. The van der Waals surface area contributed by atoms with Crippen LogP contribution in [0.25, 0.3) is 0 Å². The molecule has 0 aromatic heterocycles. The highest BCUT2D eigenvalue weighted by atomic mass is 28.3. The number of rotatable bonds is 6. The third-order valence-electron chi connectivity index (χ3n) is 7.23. The number of anilines is 1. The summed E-state index contributed by atoms with van der Waals surface area (Å²) < 4.78 is 0. The van der Waals surface area contributed by atoms with Crippen LogP contribution in [-0.4, -0.2) is 14.9 Å². The van der Waals surface area contributed by atoms with Gasteiger partial charge in [-0.3, -0.25) is 0 Å². The number of benzene rings is 4. The van der Waals surface area contributed by atoms with Gasteiger partial charge in [-0.25, -0.2) is 0 Å². The lowest BCUT2D eigenvalue weighted by atomic mass is 9.34. The van der Waals surface area contributed by atoms with E-state index in [2.05, 4.69) is 138 Å². The molecule has 1 nitrogen and oxygen atoms in total. The second-order valence-corrected chi connectivity index (χ2v) is 14.8. The molecule has 0 atom stereocenters. The lowest BCUT2D eigenvalue weighted by molar-refractivity contribution is 1.34. The van der Waals surface area contributed by atoms with E-state index in [4.69, 9.17) is 0 Å². The van der Waals surface area contributed by atoms with E-state index in [1.807, 2.05) is 0 Å². The van der Waals surface area contributed by atoms with Crippen LogP contribution in [0, 0.1) is 41.5 Å². The summed E-state index contributed by atoms with van der Waals surface area (Å²) >= 11 is 0. The molecule has 0 heterocycles. The fraction of sp³-hybridized carbons (Fsp3) is 0.250. The van der Waals surface area contributed by atoms with Crippen molar-refractivity contribution in [2.24, 2.45) is 0 Å². The maximum Gasteiger partial charge on any atom is 0.242 e. The Kier molecular flexibility index (Phi) is 7.10. The van der Waals surface area contributed by atoms with E-state index in [-0.39, 0.29) is 6.71 Å². The second kappa shape index (κ2) is 9.91. The summed E-state index contributed by atoms with van der Waals surface area (Å²) in [4.78, 5) is 3.95. The molecule has 4 rings (SSSR count). The van der Waals surface area contributed by atoms with Gasteiger partial charge >= 0.3 is 0 Å².